The second kappa shape index (κ2) is 3.90. The van der Waals surface area contributed by atoms with Gasteiger partial charge >= 0.3 is 0 Å². The zero-order chi connectivity index (χ0) is 9.10. The molecular weight excluding hydrogens is 164 g/mol. The first-order valence-corrected chi connectivity index (χ1v) is 4.59. The van der Waals surface area contributed by atoms with Crippen LogP contribution in [0.15, 0.2) is 24.3 Å². The lowest BCUT2D eigenvalue weighted by Crippen LogP contribution is -2.01. The van der Waals surface area contributed by atoms with Gasteiger partial charge in [-0.3, -0.25) is 0 Å². The first kappa shape index (κ1) is 8.73. The van der Waals surface area contributed by atoms with Crippen molar-refractivity contribution in [1.82, 2.24) is 0 Å². The molecule has 2 rings (SSSR count). The van der Waals surface area contributed by atoms with E-state index in [0.29, 0.717) is 12.7 Å². The first-order chi connectivity index (χ1) is 6.34. The van der Waals surface area contributed by atoms with Crippen molar-refractivity contribution in [2.24, 2.45) is 0 Å². The Kier molecular flexibility index (Phi) is 2.62. The van der Waals surface area contributed by atoms with Gasteiger partial charge in [-0.15, -0.1) is 0 Å². The zero-order valence-corrected chi connectivity index (χ0v) is 7.82. The average molecular weight is 178 g/mol. The predicted octanol–water partition coefficient (Wildman–Crippen LogP) is 1.91. The van der Waals surface area contributed by atoms with Gasteiger partial charge < -0.3 is 9.47 Å². The molecule has 2 nitrogen and oxygen atoms in total. The normalized spacial score (nSPS) is 20.2. The van der Waals surface area contributed by atoms with Crippen LogP contribution in [0.4, 0.5) is 0 Å². The maximum absolute atomic E-state index is 5.47. The van der Waals surface area contributed by atoms with E-state index in [9.17, 15) is 0 Å². The molecule has 0 saturated carbocycles. The second-order valence-electron chi connectivity index (χ2n) is 3.46. The summed E-state index contributed by atoms with van der Waals surface area (Å²) in [5.41, 5.74) is 2.52. The minimum atomic E-state index is 0.366. The smallest absolute Gasteiger partial charge is 0.104 e. The fraction of sp³-hybridized carbons (Fsp3) is 0.455. The van der Waals surface area contributed by atoms with E-state index in [-0.39, 0.29) is 0 Å². The molecule has 0 radical (unpaired) electrons. The molecule has 0 unspecified atom stereocenters. The number of ether oxygens (including phenoxy) is 2. The van der Waals surface area contributed by atoms with E-state index in [1.165, 1.54) is 11.1 Å². The molecule has 0 bridgehead atoms. The van der Waals surface area contributed by atoms with E-state index in [1.54, 1.807) is 0 Å². The first-order valence-electron chi connectivity index (χ1n) is 4.59. The van der Waals surface area contributed by atoms with E-state index in [4.69, 9.17) is 9.47 Å². The van der Waals surface area contributed by atoms with Gasteiger partial charge in [0.25, 0.3) is 0 Å². The molecule has 1 saturated heterocycles. The van der Waals surface area contributed by atoms with Gasteiger partial charge in [0.15, 0.2) is 0 Å². The second-order valence-corrected chi connectivity index (χ2v) is 3.46. The molecule has 0 amide bonds. The molecule has 1 heterocycles. The van der Waals surface area contributed by atoms with Crippen molar-refractivity contribution >= 4 is 0 Å². The molecule has 0 N–H and O–H groups in total. The molecule has 1 aromatic rings. The quantitative estimate of drug-likeness (QED) is 0.657. The van der Waals surface area contributed by atoms with Crippen molar-refractivity contribution in [3.63, 3.8) is 0 Å². The third-order valence-corrected chi connectivity index (χ3v) is 2.06. The lowest BCUT2D eigenvalue weighted by molar-refractivity contribution is 0.104. The Morgan fingerprint density at radius 1 is 1.54 bits per heavy atom. The van der Waals surface area contributed by atoms with Gasteiger partial charge in [0.1, 0.15) is 6.10 Å². The van der Waals surface area contributed by atoms with Gasteiger partial charge in [-0.25, -0.2) is 0 Å². The van der Waals surface area contributed by atoms with Crippen LogP contribution < -0.4 is 0 Å². The average Bonchev–Trinajstić information content (AvgIpc) is 2.88. The van der Waals surface area contributed by atoms with Crippen molar-refractivity contribution in [3.8, 4) is 0 Å². The number of epoxide rings is 1. The fourth-order valence-corrected chi connectivity index (χ4v) is 1.27. The van der Waals surface area contributed by atoms with Crippen LogP contribution in [-0.4, -0.2) is 19.3 Å². The van der Waals surface area contributed by atoms with Gasteiger partial charge in [-0.2, -0.15) is 0 Å². The van der Waals surface area contributed by atoms with Crippen LogP contribution in [0.3, 0.4) is 0 Å². The van der Waals surface area contributed by atoms with Crippen molar-refractivity contribution in [2.75, 3.05) is 13.2 Å². The molecule has 13 heavy (non-hydrogen) atoms. The summed E-state index contributed by atoms with van der Waals surface area (Å²) >= 11 is 0. The lowest BCUT2D eigenvalue weighted by Gasteiger charge is -2.02. The monoisotopic (exact) mass is 178 g/mol. The van der Waals surface area contributed by atoms with Crippen LogP contribution in [0.5, 0.6) is 0 Å². The van der Waals surface area contributed by atoms with Crippen LogP contribution in [0.2, 0.25) is 0 Å². The predicted molar refractivity (Wildman–Crippen MR) is 50.6 cm³/mol. The fourth-order valence-electron chi connectivity index (χ4n) is 1.27. The summed E-state index contributed by atoms with van der Waals surface area (Å²) in [6.07, 6.45) is 0.366. The van der Waals surface area contributed by atoms with E-state index in [0.717, 1.165) is 13.2 Å². The Balaban J connectivity index is 1.79. The Morgan fingerprint density at radius 2 is 2.38 bits per heavy atom. The molecule has 1 fully saturated rings. The molecule has 1 atom stereocenters. The van der Waals surface area contributed by atoms with Gasteiger partial charge in [0.05, 0.1) is 19.8 Å². The maximum Gasteiger partial charge on any atom is 0.104 e. The van der Waals surface area contributed by atoms with Crippen molar-refractivity contribution in [1.29, 1.82) is 0 Å². The highest BCUT2D eigenvalue weighted by Crippen LogP contribution is 2.11. The van der Waals surface area contributed by atoms with E-state index in [1.807, 2.05) is 0 Å². The molecule has 1 aromatic carbocycles. The van der Waals surface area contributed by atoms with Crippen LogP contribution in [-0.2, 0) is 16.1 Å². The molecule has 70 valence electrons. The number of benzene rings is 1. The van der Waals surface area contributed by atoms with Gasteiger partial charge in [-0.1, -0.05) is 29.8 Å². The lowest BCUT2D eigenvalue weighted by atomic mass is 10.1. The molecule has 0 aliphatic carbocycles. The molecule has 2 heteroatoms. The zero-order valence-electron chi connectivity index (χ0n) is 7.82. The van der Waals surface area contributed by atoms with Crippen LogP contribution in [0.25, 0.3) is 0 Å². The Labute approximate surface area is 78.5 Å². The standard InChI is InChI=1S/C11H14O2/c1-9-3-2-4-10(5-9)6-12-7-11-8-13-11/h2-5,11H,6-8H2,1H3/t11-/m1/s1. The summed E-state index contributed by atoms with van der Waals surface area (Å²) in [5.74, 6) is 0. The highest BCUT2D eigenvalue weighted by atomic mass is 16.6. The van der Waals surface area contributed by atoms with E-state index >= 15 is 0 Å². The van der Waals surface area contributed by atoms with Crippen molar-refractivity contribution < 1.29 is 9.47 Å². The minimum Gasteiger partial charge on any atom is -0.374 e. The van der Waals surface area contributed by atoms with Gasteiger partial charge in [0.2, 0.25) is 0 Å². The third kappa shape index (κ3) is 2.83. The number of rotatable bonds is 4. The Morgan fingerprint density at radius 3 is 3.08 bits per heavy atom. The molecule has 0 aromatic heterocycles. The number of aryl methyl sites for hydroxylation is 1. The van der Waals surface area contributed by atoms with Crippen molar-refractivity contribution in [3.05, 3.63) is 35.4 Å². The summed E-state index contributed by atoms with van der Waals surface area (Å²) in [6.45, 7) is 4.39. The minimum absolute atomic E-state index is 0.366. The molecule has 0 spiro atoms. The maximum atomic E-state index is 5.47. The number of hydrogen-bond acceptors (Lipinski definition) is 2. The number of hydrogen-bond donors (Lipinski definition) is 0. The third-order valence-electron chi connectivity index (χ3n) is 2.06. The topological polar surface area (TPSA) is 21.8 Å². The highest BCUT2D eigenvalue weighted by Gasteiger charge is 2.22. The molecule has 1 aliphatic rings. The Bertz CT molecular complexity index is 279. The van der Waals surface area contributed by atoms with Crippen LogP contribution in [0.1, 0.15) is 11.1 Å². The van der Waals surface area contributed by atoms with Crippen LogP contribution in [0, 0.1) is 6.92 Å². The highest BCUT2D eigenvalue weighted by molar-refractivity contribution is 5.21. The van der Waals surface area contributed by atoms with E-state index < -0.39 is 0 Å². The Hall–Kier alpha value is -0.860. The summed E-state index contributed by atoms with van der Waals surface area (Å²) in [4.78, 5) is 0. The van der Waals surface area contributed by atoms with Gasteiger partial charge in [0, 0.05) is 0 Å². The summed E-state index contributed by atoms with van der Waals surface area (Å²) in [7, 11) is 0. The van der Waals surface area contributed by atoms with Crippen molar-refractivity contribution in [2.45, 2.75) is 19.6 Å². The molecule has 1 aliphatic heterocycles. The summed E-state index contributed by atoms with van der Waals surface area (Å²) in [6, 6.07) is 8.38. The molecular formula is C11H14O2. The largest absolute Gasteiger partial charge is 0.374 e. The summed E-state index contributed by atoms with van der Waals surface area (Å²) < 4.78 is 10.5. The van der Waals surface area contributed by atoms with E-state index in [2.05, 4.69) is 31.2 Å². The SMILES string of the molecule is Cc1cccc(COC[C@@H]2CO2)c1. The van der Waals surface area contributed by atoms with Crippen LogP contribution >= 0.6 is 0 Å². The summed E-state index contributed by atoms with van der Waals surface area (Å²) in [5, 5.41) is 0. The van der Waals surface area contributed by atoms with Gasteiger partial charge in [-0.05, 0) is 12.5 Å².